The van der Waals surface area contributed by atoms with E-state index in [-0.39, 0.29) is 5.82 Å². The number of ether oxygens (including phenoxy) is 1. The second kappa shape index (κ2) is 5.56. The van der Waals surface area contributed by atoms with Gasteiger partial charge in [-0.2, -0.15) is 4.37 Å². The van der Waals surface area contributed by atoms with E-state index in [0.29, 0.717) is 24.1 Å². The molecule has 100 valence electrons. The number of anilines is 2. The monoisotopic (exact) mass is 269 g/mol. The Hall–Kier alpha value is -1.30. The number of hydrogen-bond donors (Lipinski definition) is 2. The quantitative estimate of drug-likeness (QED) is 0.803. The van der Waals surface area contributed by atoms with Crippen LogP contribution in [0.1, 0.15) is 43.5 Å². The molecule has 18 heavy (non-hydrogen) atoms. The molecule has 0 aliphatic heterocycles. The van der Waals surface area contributed by atoms with Gasteiger partial charge in [-0.05, 0) is 44.1 Å². The molecule has 6 heteroatoms. The average molecular weight is 269 g/mol. The van der Waals surface area contributed by atoms with Crippen LogP contribution in [0, 0.1) is 5.92 Å². The van der Waals surface area contributed by atoms with Crippen LogP contribution in [0.5, 0.6) is 0 Å². The highest BCUT2D eigenvalue weighted by Gasteiger charge is 2.27. The van der Waals surface area contributed by atoms with Gasteiger partial charge >= 0.3 is 5.97 Å². The highest BCUT2D eigenvalue weighted by Crippen LogP contribution is 2.34. The van der Waals surface area contributed by atoms with Gasteiger partial charge in [-0.1, -0.05) is 6.42 Å². The van der Waals surface area contributed by atoms with Crippen molar-refractivity contribution in [2.45, 2.75) is 39.2 Å². The van der Waals surface area contributed by atoms with Gasteiger partial charge in [0.25, 0.3) is 0 Å². The molecule has 1 heterocycles. The van der Waals surface area contributed by atoms with Crippen LogP contribution in [0.15, 0.2) is 0 Å². The summed E-state index contributed by atoms with van der Waals surface area (Å²) in [5.74, 6) is 0.539. The van der Waals surface area contributed by atoms with Crippen LogP contribution in [0.4, 0.5) is 10.8 Å². The number of nitrogens with two attached hydrogens (primary N) is 1. The molecule has 1 aliphatic rings. The van der Waals surface area contributed by atoms with Crippen molar-refractivity contribution in [2.75, 3.05) is 17.7 Å². The van der Waals surface area contributed by atoms with E-state index >= 15 is 0 Å². The van der Waals surface area contributed by atoms with Gasteiger partial charge < -0.3 is 15.8 Å². The summed E-state index contributed by atoms with van der Waals surface area (Å²) >= 11 is 1.22. The van der Waals surface area contributed by atoms with Gasteiger partial charge in [0.15, 0.2) is 5.82 Å². The van der Waals surface area contributed by atoms with E-state index in [0.717, 1.165) is 5.00 Å². The lowest BCUT2D eigenvalue weighted by Crippen LogP contribution is -2.31. The van der Waals surface area contributed by atoms with E-state index in [1.54, 1.807) is 6.92 Å². The Morgan fingerprint density at radius 3 is 2.94 bits per heavy atom. The fraction of sp³-hybridized carbons (Fsp3) is 0.667. The Morgan fingerprint density at radius 1 is 1.67 bits per heavy atom. The number of aromatic nitrogens is 1. The fourth-order valence-corrected chi connectivity index (χ4v) is 2.86. The van der Waals surface area contributed by atoms with Crippen molar-refractivity contribution in [1.29, 1.82) is 0 Å². The molecule has 1 aliphatic carbocycles. The molecule has 2 rings (SSSR count). The number of nitrogens with zero attached hydrogens (tertiary/aromatic N) is 1. The predicted octanol–water partition coefficient (Wildman–Crippen LogP) is 2.50. The summed E-state index contributed by atoms with van der Waals surface area (Å²) in [4.78, 5) is 11.8. The van der Waals surface area contributed by atoms with Gasteiger partial charge in [0.2, 0.25) is 0 Å². The van der Waals surface area contributed by atoms with Crippen molar-refractivity contribution in [3.05, 3.63) is 5.56 Å². The first-order chi connectivity index (χ1) is 8.63. The molecule has 0 radical (unpaired) electrons. The third-order valence-electron chi connectivity index (χ3n) is 3.41. The van der Waals surface area contributed by atoms with Crippen LogP contribution >= 0.6 is 11.5 Å². The van der Waals surface area contributed by atoms with E-state index in [9.17, 15) is 4.79 Å². The largest absolute Gasteiger partial charge is 0.462 e. The number of carbonyl (C=O) groups excluding carboxylic acids is 1. The number of carbonyl (C=O) groups is 1. The first-order valence-electron chi connectivity index (χ1n) is 6.32. The smallest absolute Gasteiger partial charge is 0.344 e. The molecular weight excluding hydrogens is 250 g/mol. The van der Waals surface area contributed by atoms with E-state index in [1.165, 1.54) is 30.8 Å². The summed E-state index contributed by atoms with van der Waals surface area (Å²) in [6.07, 6.45) is 3.79. The Kier molecular flexibility index (Phi) is 4.06. The zero-order valence-corrected chi connectivity index (χ0v) is 11.5. The molecule has 3 N–H and O–H groups in total. The minimum absolute atomic E-state index is 0.252. The molecule has 1 aromatic rings. The third kappa shape index (κ3) is 2.58. The van der Waals surface area contributed by atoms with E-state index < -0.39 is 5.97 Å². The second-order valence-corrected chi connectivity index (χ2v) is 5.39. The molecule has 1 unspecified atom stereocenters. The van der Waals surface area contributed by atoms with Gasteiger partial charge in [0, 0.05) is 6.04 Å². The average Bonchev–Trinajstić information content (AvgIpc) is 2.57. The maximum absolute atomic E-state index is 11.8. The molecular formula is C12H19N3O2S. The van der Waals surface area contributed by atoms with Crippen LogP contribution in [0.2, 0.25) is 0 Å². The Morgan fingerprint density at radius 2 is 2.39 bits per heavy atom. The van der Waals surface area contributed by atoms with Crippen LogP contribution < -0.4 is 11.1 Å². The van der Waals surface area contributed by atoms with Crippen LogP contribution in [0.25, 0.3) is 0 Å². The molecule has 0 saturated heterocycles. The zero-order chi connectivity index (χ0) is 13.1. The summed E-state index contributed by atoms with van der Waals surface area (Å²) in [7, 11) is 0. The minimum Gasteiger partial charge on any atom is -0.462 e. The van der Waals surface area contributed by atoms with E-state index in [2.05, 4.69) is 16.6 Å². The number of nitrogen functional groups attached to an aromatic ring is 1. The Labute approximate surface area is 111 Å². The van der Waals surface area contributed by atoms with E-state index in [1.807, 2.05) is 0 Å². The van der Waals surface area contributed by atoms with Crippen molar-refractivity contribution in [3.63, 3.8) is 0 Å². The molecule has 0 amide bonds. The summed E-state index contributed by atoms with van der Waals surface area (Å²) < 4.78 is 9.03. The molecule has 1 fully saturated rings. The summed E-state index contributed by atoms with van der Waals surface area (Å²) in [6, 6.07) is 0.340. The molecule has 1 atom stereocenters. The highest BCUT2D eigenvalue weighted by atomic mass is 32.1. The molecule has 0 aromatic carbocycles. The SMILES string of the molecule is CCOC(=O)c1c(N)nsc1NC(C)C1CCC1. The second-order valence-electron chi connectivity index (χ2n) is 4.62. The third-order valence-corrected chi connectivity index (χ3v) is 4.21. The summed E-state index contributed by atoms with van der Waals surface area (Å²) in [6.45, 7) is 4.25. The number of hydrogen-bond acceptors (Lipinski definition) is 6. The highest BCUT2D eigenvalue weighted by molar-refractivity contribution is 7.11. The van der Waals surface area contributed by atoms with Gasteiger partial charge in [-0.3, -0.25) is 0 Å². The zero-order valence-electron chi connectivity index (χ0n) is 10.7. The first-order valence-corrected chi connectivity index (χ1v) is 7.09. The van der Waals surface area contributed by atoms with Gasteiger partial charge in [0.1, 0.15) is 10.6 Å². The van der Waals surface area contributed by atoms with Crippen molar-refractivity contribution >= 4 is 28.3 Å². The van der Waals surface area contributed by atoms with Gasteiger partial charge in [-0.25, -0.2) is 4.79 Å². The summed E-state index contributed by atoms with van der Waals surface area (Å²) in [5.41, 5.74) is 6.11. The maximum atomic E-state index is 11.8. The standard InChI is InChI=1S/C12H19N3O2S/c1-3-17-12(16)9-10(13)15-18-11(9)14-7(2)8-5-4-6-8/h7-8,14H,3-6H2,1-2H3,(H2,13,15). The lowest BCUT2D eigenvalue weighted by Gasteiger charge is -2.32. The van der Waals surface area contributed by atoms with E-state index in [4.69, 9.17) is 10.5 Å². The number of esters is 1. The molecule has 0 bridgehead atoms. The lowest BCUT2D eigenvalue weighted by molar-refractivity contribution is 0.0529. The van der Waals surface area contributed by atoms with Crippen LogP contribution in [-0.4, -0.2) is 23.0 Å². The van der Waals surface area contributed by atoms with Crippen molar-refractivity contribution in [2.24, 2.45) is 5.92 Å². The van der Waals surface area contributed by atoms with Crippen molar-refractivity contribution < 1.29 is 9.53 Å². The van der Waals surface area contributed by atoms with Crippen LogP contribution in [0.3, 0.4) is 0 Å². The molecule has 0 spiro atoms. The predicted molar refractivity (Wildman–Crippen MR) is 72.9 cm³/mol. The Bertz CT molecular complexity index is 429. The lowest BCUT2D eigenvalue weighted by atomic mass is 9.80. The minimum atomic E-state index is -0.396. The maximum Gasteiger partial charge on any atom is 0.344 e. The summed E-state index contributed by atoms with van der Waals surface area (Å²) in [5, 5.41) is 4.07. The first kappa shape index (κ1) is 13.1. The Balaban J connectivity index is 2.09. The fourth-order valence-electron chi connectivity index (χ4n) is 2.07. The van der Waals surface area contributed by atoms with Crippen molar-refractivity contribution in [3.8, 4) is 0 Å². The topological polar surface area (TPSA) is 77.2 Å². The van der Waals surface area contributed by atoms with Crippen LogP contribution in [-0.2, 0) is 4.74 Å². The molecule has 5 nitrogen and oxygen atoms in total. The van der Waals surface area contributed by atoms with Crippen molar-refractivity contribution in [1.82, 2.24) is 4.37 Å². The number of rotatable bonds is 5. The normalized spacial score (nSPS) is 17.0. The molecule has 1 aromatic heterocycles. The number of nitrogens with one attached hydrogen (secondary N) is 1. The molecule has 1 saturated carbocycles. The van der Waals surface area contributed by atoms with Gasteiger partial charge in [0.05, 0.1) is 6.61 Å². The van der Waals surface area contributed by atoms with Gasteiger partial charge in [-0.15, -0.1) is 0 Å².